The Morgan fingerprint density at radius 2 is 2.24 bits per heavy atom. The van der Waals surface area contributed by atoms with Gasteiger partial charge in [-0.15, -0.1) is 0 Å². The molecule has 0 unspecified atom stereocenters. The Bertz CT molecular complexity index is 568. The maximum atomic E-state index is 6.17. The molecule has 1 aromatic carbocycles. The third-order valence-electron chi connectivity index (χ3n) is 3.30. The number of hydrogen-bond donors (Lipinski definition) is 1. The van der Waals surface area contributed by atoms with Crippen LogP contribution in [-0.4, -0.2) is 29.8 Å². The van der Waals surface area contributed by atoms with Gasteiger partial charge in [0.15, 0.2) is 0 Å². The number of aryl methyl sites for hydroxylation is 1. The molecule has 1 aromatic heterocycles. The zero-order chi connectivity index (χ0) is 15.1. The van der Waals surface area contributed by atoms with Crippen molar-refractivity contribution in [2.24, 2.45) is 0 Å². The summed E-state index contributed by atoms with van der Waals surface area (Å²) < 4.78 is 7.18. The van der Waals surface area contributed by atoms with Crippen LogP contribution < -0.4 is 5.32 Å². The summed E-state index contributed by atoms with van der Waals surface area (Å²) in [6.07, 6.45) is 5.86. The minimum Gasteiger partial charge on any atom is -0.383 e. The first-order valence-electron chi connectivity index (χ1n) is 7.27. The summed E-state index contributed by atoms with van der Waals surface area (Å²) in [5.74, 6) is 1.07. The Hall–Kier alpha value is -1.36. The molecule has 0 fully saturated rings. The number of ether oxygens (including phenoxy) is 1. The molecule has 2 rings (SSSR count). The van der Waals surface area contributed by atoms with Gasteiger partial charge in [-0.05, 0) is 24.1 Å². The highest BCUT2D eigenvalue weighted by Crippen LogP contribution is 2.22. The zero-order valence-electron chi connectivity index (χ0n) is 12.6. The van der Waals surface area contributed by atoms with Crippen LogP contribution in [0.3, 0.4) is 0 Å². The van der Waals surface area contributed by atoms with E-state index in [2.05, 4.69) is 27.9 Å². The lowest BCUT2D eigenvalue weighted by Crippen LogP contribution is -2.19. The summed E-state index contributed by atoms with van der Waals surface area (Å²) in [5.41, 5.74) is 2.29. The first-order valence-corrected chi connectivity index (χ1v) is 7.64. The maximum absolute atomic E-state index is 6.17. The van der Waals surface area contributed by atoms with Crippen LogP contribution in [0.5, 0.6) is 0 Å². The number of aromatic nitrogens is 2. The van der Waals surface area contributed by atoms with Gasteiger partial charge in [0, 0.05) is 44.0 Å². The zero-order valence-corrected chi connectivity index (χ0v) is 13.4. The van der Waals surface area contributed by atoms with Gasteiger partial charge < -0.3 is 14.6 Å². The number of nitrogens with zero attached hydrogens (tertiary/aromatic N) is 2. The van der Waals surface area contributed by atoms with Gasteiger partial charge in [-0.25, -0.2) is 4.98 Å². The average Bonchev–Trinajstić information content (AvgIpc) is 2.93. The van der Waals surface area contributed by atoms with Crippen molar-refractivity contribution in [3.63, 3.8) is 0 Å². The smallest absolute Gasteiger partial charge is 0.113 e. The van der Waals surface area contributed by atoms with Crippen LogP contribution in [0, 0.1) is 0 Å². The lowest BCUT2D eigenvalue weighted by atomic mass is 10.1. The third kappa shape index (κ3) is 4.30. The van der Waals surface area contributed by atoms with E-state index >= 15 is 0 Å². The van der Waals surface area contributed by atoms with E-state index in [1.807, 2.05) is 24.5 Å². The average molecular weight is 308 g/mol. The summed E-state index contributed by atoms with van der Waals surface area (Å²) in [7, 11) is 1.71. The molecule has 0 saturated carbocycles. The van der Waals surface area contributed by atoms with Crippen molar-refractivity contribution in [2.45, 2.75) is 26.3 Å². The van der Waals surface area contributed by atoms with Crippen LogP contribution >= 0.6 is 11.6 Å². The lowest BCUT2D eigenvalue weighted by Gasteiger charge is -2.14. The number of hydrogen-bond acceptors (Lipinski definition) is 3. The summed E-state index contributed by atoms with van der Waals surface area (Å²) >= 11 is 6.17. The minimum absolute atomic E-state index is 0.703. The van der Waals surface area contributed by atoms with Gasteiger partial charge in [0.05, 0.1) is 12.3 Å². The van der Waals surface area contributed by atoms with Gasteiger partial charge in [0.25, 0.3) is 0 Å². The molecule has 0 bridgehead atoms. The second-order valence-electron chi connectivity index (χ2n) is 4.91. The van der Waals surface area contributed by atoms with E-state index in [9.17, 15) is 0 Å². The number of imidazole rings is 1. The highest BCUT2D eigenvalue weighted by molar-refractivity contribution is 6.30. The van der Waals surface area contributed by atoms with E-state index in [0.717, 1.165) is 42.5 Å². The number of nitrogens with one attached hydrogen (secondary N) is 1. The Morgan fingerprint density at radius 1 is 1.38 bits per heavy atom. The van der Waals surface area contributed by atoms with Crippen LogP contribution in [0.4, 0.5) is 0 Å². The van der Waals surface area contributed by atoms with Crippen molar-refractivity contribution in [1.82, 2.24) is 14.9 Å². The number of benzene rings is 1. The Morgan fingerprint density at radius 3 is 3.00 bits per heavy atom. The molecule has 1 heterocycles. The summed E-state index contributed by atoms with van der Waals surface area (Å²) in [5, 5.41) is 4.11. The fourth-order valence-corrected chi connectivity index (χ4v) is 2.44. The predicted molar refractivity (Wildman–Crippen MR) is 86.2 cm³/mol. The van der Waals surface area contributed by atoms with E-state index in [-0.39, 0.29) is 0 Å². The molecule has 5 heteroatoms. The van der Waals surface area contributed by atoms with E-state index in [4.69, 9.17) is 16.3 Å². The van der Waals surface area contributed by atoms with E-state index in [1.54, 1.807) is 7.11 Å². The van der Waals surface area contributed by atoms with Crippen molar-refractivity contribution in [1.29, 1.82) is 0 Å². The lowest BCUT2D eigenvalue weighted by molar-refractivity contribution is 0.199. The minimum atomic E-state index is 0.703. The monoisotopic (exact) mass is 307 g/mol. The summed E-state index contributed by atoms with van der Waals surface area (Å²) in [4.78, 5) is 4.44. The predicted octanol–water partition coefficient (Wildman–Crippen LogP) is 3.21. The third-order valence-corrected chi connectivity index (χ3v) is 3.53. The molecule has 21 heavy (non-hydrogen) atoms. The Balaban J connectivity index is 2.24. The van der Waals surface area contributed by atoms with Crippen molar-refractivity contribution in [3.8, 4) is 5.69 Å². The van der Waals surface area contributed by atoms with Crippen molar-refractivity contribution >= 4 is 11.6 Å². The van der Waals surface area contributed by atoms with Crippen molar-refractivity contribution in [2.75, 3.05) is 20.3 Å². The van der Waals surface area contributed by atoms with Crippen LogP contribution in [0.2, 0.25) is 5.02 Å². The molecule has 0 amide bonds. The van der Waals surface area contributed by atoms with Crippen LogP contribution in [-0.2, 0) is 17.7 Å². The second kappa shape index (κ2) is 8.17. The van der Waals surface area contributed by atoms with Crippen molar-refractivity contribution < 1.29 is 4.74 Å². The molecule has 4 nitrogen and oxygen atoms in total. The van der Waals surface area contributed by atoms with Crippen LogP contribution in [0.15, 0.2) is 30.6 Å². The van der Waals surface area contributed by atoms with Crippen molar-refractivity contribution in [3.05, 3.63) is 47.0 Å². The molecule has 0 aliphatic rings. The van der Waals surface area contributed by atoms with E-state index in [1.165, 1.54) is 5.56 Å². The summed E-state index contributed by atoms with van der Waals surface area (Å²) in [6.45, 7) is 4.46. The van der Waals surface area contributed by atoms with Gasteiger partial charge in [0.1, 0.15) is 5.82 Å². The van der Waals surface area contributed by atoms with Gasteiger partial charge in [-0.2, -0.15) is 0 Å². The quantitative estimate of drug-likeness (QED) is 0.761. The first kappa shape index (κ1) is 16.0. The molecule has 0 spiro atoms. The van der Waals surface area contributed by atoms with Gasteiger partial charge in [0.2, 0.25) is 0 Å². The molecular weight excluding hydrogens is 286 g/mol. The highest BCUT2D eigenvalue weighted by Gasteiger charge is 2.09. The Labute approximate surface area is 131 Å². The fraction of sp³-hybridized carbons (Fsp3) is 0.438. The molecule has 114 valence electrons. The molecule has 0 aliphatic heterocycles. The van der Waals surface area contributed by atoms with E-state index in [0.29, 0.717) is 6.61 Å². The number of halogens is 1. The molecule has 2 aromatic rings. The summed E-state index contributed by atoms with van der Waals surface area (Å²) in [6, 6.07) is 5.98. The van der Waals surface area contributed by atoms with Crippen LogP contribution in [0.25, 0.3) is 5.69 Å². The number of methoxy groups -OCH3 is 1. The standard InChI is InChI=1S/C16H22ClN3O/c1-3-4-16-19-7-9-20(16)15-11-14(17)6-5-13(15)12-18-8-10-21-2/h5-7,9,11,18H,3-4,8,10,12H2,1-2H3. The highest BCUT2D eigenvalue weighted by atomic mass is 35.5. The first-order chi connectivity index (χ1) is 10.3. The molecule has 1 N–H and O–H groups in total. The molecule has 0 atom stereocenters. The van der Waals surface area contributed by atoms with E-state index < -0.39 is 0 Å². The normalized spacial score (nSPS) is 11.0. The maximum Gasteiger partial charge on any atom is 0.113 e. The second-order valence-corrected chi connectivity index (χ2v) is 5.34. The Kier molecular flexibility index (Phi) is 6.23. The topological polar surface area (TPSA) is 39.1 Å². The van der Waals surface area contributed by atoms with Gasteiger partial charge >= 0.3 is 0 Å². The molecule has 0 saturated heterocycles. The molecule has 0 radical (unpaired) electrons. The fourth-order valence-electron chi connectivity index (χ4n) is 2.27. The largest absolute Gasteiger partial charge is 0.383 e. The molecular formula is C16H22ClN3O. The SMILES string of the molecule is CCCc1nccn1-c1cc(Cl)ccc1CNCCOC. The molecule has 0 aliphatic carbocycles. The number of rotatable bonds is 8. The van der Waals surface area contributed by atoms with Gasteiger partial charge in [-0.3, -0.25) is 0 Å². The van der Waals surface area contributed by atoms with Gasteiger partial charge in [-0.1, -0.05) is 24.6 Å². The van der Waals surface area contributed by atoms with Crippen LogP contribution in [0.1, 0.15) is 24.7 Å².